The van der Waals surface area contributed by atoms with Crippen molar-refractivity contribution < 1.29 is 27.3 Å². The molecule has 8 nitrogen and oxygen atoms in total. The molecule has 1 aliphatic heterocycles. The molecule has 0 radical (unpaired) electrons. The van der Waals surface area contributed by atoms with Crippen LogP contribution in [0.4, 0.5) is 8.78 Å². The van der Waals surface area contributed by atoms with Crippen LogP contribution in [-0.2, 0) is 28.7 Å². The molecule has 0 aliphatic carbocycles. The second-order valence-corrected chi connectivity index (χ2v) is 11.0. The summed E-state index contributed by atoms with van der Waals surface area (Å²) in [7, 11) is 0.256. The van der Waals surface area contributed by atoms with E-state index in [2.05, 4.69) is 15.3 Å². The van der Waals surface area contributed by atoms with Gasteiger partial charge in [0.2, 0.25) is 12.3 Å². The zero-order valence-electron chi connectivity index (χ0n) is 22.0. The molecule has 2 unspecified atom stereocenters. The summed E-state index contributed by atoms with van der Waals surface area (Å²) in [5.74, 6) is -0.625. The molecule has 1 aromatic carbocycles. The van der Waals surface area contributed by atoms with Gasteiger partial charge in [0.1, 0.15) is 0 Å². The third-order valence-electron chi connectivity index (χ3n) is 6.71. The highest BCUT2D eigenvalue weighted by molar-refractivity contribution is 7.85. The van der Waals surface area contributed by atoms with Crippen LogP contribution < -0.4 is 10.1 Å². The van der Waals surface area contributed by atoms with Gasteiger partial charge < -0.3 is 14.8 Å². The molecule has 5 rings (SSSR count). The van der Waals surface area contributed by atoms with Crippen LogP contribution in [-0.4, -0.2) is 51.0 Å². The summed E-state index contributed by atoms with van der Waals surface area (Å²) in [5, 5.41) is 3.66. The number of benzene rings is 1. The summed E-state index contributed by atoms with van der Waals surface area (Å²) in [6, 6.07) is 13.8. The van der Waals surface area contributed by atoms with E-state index in [1.807, 2.05) is 6.07 Å². The highest BCUT2D eigenvalue weighted by Gasteiger charge is 2.21. The summed E-state index contributed by atoms with van der Waals surface area (Å²) >= 11 is 0. The molecule has 3 aromatic heterocycles. The molecule has 0 spiro atoms. The minimum atomic E-state index is -2.53. The van der Waals surface area contributed by atoms with Crippen molar-refractivity contribution in [2.45, 2.75) is 43.7 Å². The number of ether oxygens (including phenoxy) is 2. The van der Waals surface area contributed by atoms with Gasteiger partial charge in [-0.15, -0.1) is 0 Å². The number of carbonyl (C=O) groups is 1. The van der Waals surface area contributed by atoms with Gasteiger partial charge in [-0.2, -0.15) is 0 Å². The van der Waals surface area contributed by atoms with Gasteiger partial charge in [-0.25, -0.2) is 18.7 Å². The number of aromatic nitrogens is 3. The van der Waals surface area contributed by atoms with Crippen molar-refractivity contribution in [3.8, 4) is 17.1 Å². The maximum absolute atomic E-state index is 13.2. The summed E-state index contributed by atoms with van der Waals surface area (Å²) in [6.07, 6.45) is -0.156. The highest BCUT2D eigenvalue weighted by Crippen LogP contribution is 2.31. The fourth-order valence-corrected chi connectivity index (χ4v) is 5.65. The Kier molecular flexibility index (Phi) is 8.41. The zero-order chi connectivity index (χ0) is 28.2. The Morgan fingerprint density at radius 1 is 1.15 bits per heavy atom. The number of nitrogens with one attached hydrogen (secondary N) is 1. The van der Waals surface area contributed by atoms with Gasteiger partial charge in [-0.05, 0) is 54.4 Å². The van der Waals surface area contributed by atoms with Gasteiger partial charge in [-0.3, -0.25) is 14.0 Å². The molecule has 0 saturated heterocycles. The smallest absolute Gasteiger partial charge is 0.251 e. The number of hydrogen-bond acceptors (Lipinski definition) is 7. The van der Waals surface area contributed by atoms with E-state index < -0.39 is 23.1 Å². The van der Waals surface area contributed by atoms with Crippen LogP contribution in [0.2, 0.25) is 0 Å². The van der Waals surface area contributed by atoms with Crippen LogP contribution >= 0.6 is 0 Å². The third kappa shape index (κ3) is 6.00. The van der Waals surface area contributed by atoms with E-state index in [1.54, 1.807) is 48.7 Å². The number of pyridine rings is 3. The number of carbonyl (C=O) groups excluding carboxylic acids is 1. The van der Waals surface area contributed by atoms with Crippen LogP contribution in [0, 0.1) is 0 Å². The highest BCUT2D eigenvalue weighted by atomic mass is 32.2. The molecule has 0 bridgehead atoms. The molecule has 1 aliphatic rings. The average molecular weight is 567 g/mol. The van der Waals surface area contributed by atoms with Crippen molar-refractivity contribution in [3.63, 3.8) is 0 Å². The fourth-order valence-electron chi connectivity index (χ4n) is 4.38. The molecule has 1 N–H and O–H groups in total. The van der Waals surface area contributed by atoms with Gasteiger partial charge in [0.05, 0.1) is 65.1 Å². The zero-order valence-corrected chi connectivity index (χ0v) is 22.8. The molecule has 1 amide bonds. The summed E-state index contributed by atoms with van der Waals surface area (Å²) < 4.78 is 49.9. The van der Waals surface area contributed by atoms with Gasteiger partial charge in [0.15, 0.2) is 0 Å². The molecule has 11 heteroatoms. The van der Waals surface area contributed by atoms with E-state index in [9.17, 15) is 17.8 Å². The van der Waals surface area contributed by atoms with E-state index in [4.69, 9.17) is 14.5 Å². The quantitative estimate of drug-likeness (QED) is 0.335. The number of rotatable bonds is 7. The van der Waals surface area contributed by atoms with Crippen LogP contribution in [0.5, 0.6) is 5.88 Å². The number of hydrogen-bond donors (Lipinski definition) is 1. The predicted octanol–water partition coefficient (Wildman–Crippen LogP) is 5.03. The molecular formula is C29H28F2N4O4S. The molecular weight excluding hydrogens is 538 g/mol. The minimum absolute atomic E-state index is 0.162. The maximum atomic E-state index is 13.2. The molecule has 0 fully saturated rings. The van der Waals surface area contributed by atoms with Crippen molar-refractivity contribution in [2.75, 3.05) is 19.5 Å². The number of alkyl halides is 2. The van der Waals surface area contributed by atoms with Crippen molar-refractivity contribution in [2.24, 2.45) is 0 Å². The Morgan fingerprint density at radius 3 is 2.80 bits per heavy atom. The fraction of sp³-hybridized carbons (Fsp3) is 0.310. The van der Waals surface area contributed by atoms with Gasteiger partial charge >= 0.3 is 0 Å². The van der Waals surface area contributed by atoms with E-state index in [0.29, 0.717) is 58.3 Å². The van der Waals surface area contributed by atoms with Gasteiger partial charge in [-0.1, -0.05) is 13.0 Å². The van der Waals surface area contributed by atoms with Crippen LogP contribution in [0.1, 0.15) is 46.6 Å². The SMILES string of the molecule is COc1nc(C(C)C(F)F)ccc1-c1ccc2cnc(CNC(=O)c3ccc4c(c3)S(=O)CCCOC4)cc2n1. The van der Waals surface area contributed by atoms with E-state index in [0.717, 1.165) is 10.9 Å². The first-order valence-corrected chi connectivity index (χ1v) is 14.1. The van der Waals surface area contributed by atoms with Crippen molar-refractivity contribution in [3.05, 3.63) is 77.2 Å². The van der Waals surface area contributed by atoms with E-state index in [1.165, 1.54) is 14.0 Å². The number of halogens is 2. The lowest BCUT2D eigenvalue weighted by Gasteiger charge is -2.15. The molecule has 2 atom stereocenters. The van der Waals surface area contributed by atoms with Crippen molar-refractivity contribution in [1.82, 2.24) is 20.3 Å². The third-order valence-corrected chi connectivity index (χ3v) is 8.24. The minimum Gasteiger partial charge on any atom is -0.480 e. The van der Waals surface area contributed by atoms with Gasteiger partial charge in [0.25, 0.3) is 5.91 Å². The first kappa shape index (κ1) is 27.7. The van der Waals surface area contributed by atoms with Crippen LogP contribution in [0.25, 0.3) is 22.2 Å². The number of nitrogens with zero attached hydrogens (tertiary/aromatic N) is 3. The summed E-state index contributed by atoms with van der Waals surface area (Å²) in [4.78, 5) is 27.0. The largest absolute Gasteiger partial charge is 0.480 e. The lowest BCUT2D eigenvalue weighted by molar-refractivity contribution is 0.0949. The standard InChI is InChI=1S/C29H28F2N4O4S/c1-17(27(30)31)23-9-7-22(29(35-23)38-2)24-8-6-19-14-32-21(13-25(19)34-24)15-33-28(36)18-4-5-20-16-39-10-3-11-40(37)26(20)12-18/h4-9,12-14,17,27H,3,10-11,15-16H2,1-2H3,(H,33,36). The molecule has 4 aromatic rings. The second-order valence-electron chi connectivity index (χ2n) is 9.44. The topological polar surface area (TPSA) is 103 Å². The van der Waals surface area contributed by atoms with Crippen LogP contribution in [0.3, 0.4) is 0 Å². The van der Waals surface area contributed by atoms with E-state index >= 15 is 0 Å². The lowest BCUT2D eigenvalue weighted by atomic mass is 10.1. The predicted molar refractivity (Wildman–Crippen MR) is 147 cm³/mol. The Morgan fingerprint density at radius 2 is 2.00 bits per heavy atom. The van der Waals surface area contributed by atoms with Gasteiger partial charge in [0, 0.05) is 34.4 Å². The number of amides is 1. The normalized spacial score (nSPS) is 16.2. The Hall–Kier alpha value is -3.83. The summed E-state index contributed by atoms with van der Waals surface area (Å²) in [6.45, 7) is 2.52. The number of methoxy groups -OCH3 is 1. The average Bonchev–Trinajstić information content (AvgIpc) is 2.97. The first-order valence-electron chi connectivity index (χ1n) is 12.8. The molecule has 0 saturated carbocycles. The maximum Gasteiger partial charge on any atom is 0.251 e. The first-order chi connectivity index (χ1) is 19.3. The van der Waals surface area contributed by atoms with Crippen LogP contribution in [0.15, 0.2) is 59.6 Å². The Labute approximate surface area is 232 Å². The van der Waals surface area contributed by atoms with Crippen molar-refractivity contribution >= 4 is 27.6 Å². The number of fused-ring (bicyclic) bond motifs is 2. The molecule has 40 heavy (non-hydrogen) atoms. The molecule has 4 heterocycles. The lowest BCUT2D eigenvalue weighted by Crippen LogP contribution is -2.24. The Bertz CT molecular complexity index is 1580. The Balaban J connectivity index is 1.34. The molecule has 208 valence electrons. The summed E-state index contributed by atoms with van der Waals surface area (Å²) in [5.41, 5.74) is 3.86. The van der Waals surface area contributed by atoms with E-state index in [-0.39, 0.29) is 24.0 Å². The van der Waals surface area contributed by atoms with Crippen molar-refractivity contribution in [1.29, 1.82) is 0 Å². The monoisotopic (exact) mass is 566 g/mol. The second kappa shape index (κ2) is 12.1.